The van der Waals surface area contributed by atoms with Crippen molar-refractivity contribution in [3.8, 4) is 0 Å². The largest absolute Gasteiger partial charge is 0.304 e. The Kier molecular flexibility index (Phi) is 4.50. The molecule has 1 fully saturated rings. The van der Waals surface area contributed by atoms with Gasteiger partial charge in [0, 0.05) is 32.1 Å². The summed E-state index contributed by atoms with van der Waals surface area (Å²) in [5.41, 5.74) is 5.70. The Morgan fingerprint density at radius 2 is 1.33 bits per heavy atom. The second kappa shape index (κ2) is 6.92. The number of piperazine rings is 1. The maximum atomic E-state index is 2.63. The molecule has 0 bridgehead atoms. The van der Waals surface area contributed by atoms with Crippen LogP contribution >= 0.6 is 0 Å². The molecule has 124 valence electrons. The predicted molar refractivity (Wildman–Crippen MR) is 102 cm³/mol. The van der Waals surface area contributed by atoms with Crippen LogP contribution in [0.3, 0.4) is 0 Å². The highest BCUT2D eigenvalue weighted by molar-refractivity contribution is 5.76. The van der Waals surface area contributed by atoms with E-state index in [1.54, 1.807) is 0 Å². The van der Waals surface area contributed by atoms with Crippen LogP contribution in [-0.2, 0) is 0 Å². The molecule has 2 heteroatoms. The minimum absolute atomic E-state index is 0.493. The molecule has 2 nitrogen and oxygen atoms in total. The molecule has 2 aromatic rings. The Balaban J connectivity index is 1.60. The summed E-state index contributed by atoms with van der Waals surface area (Å²) in [6.45, 7) is 5.97. The van der Waals surface area contributed by atoms with Crippen molar-refractivity contribution >= 4 is 12.2 Å². The van der Waals surface area contributed by atoms with Gasteiger partial charge < -0.3 is 9.80 Å². The quantitative estimate of drug-likeness (QED) is 0.846. The third kappa shape index (κ3) is 3.17. The topological polar surface area (TPSA) is 6.48 Å². The van der Waals surface area contributed by atoms with Gasteiger partial charge in [-0.2, -0.15) is 0 Å². The molecule has 0 spiro atoms. The first-order chi connectivity index (χ1) is 11.8. The molecule has 2 aliphatic rings. The Labute approximate surface area is 145 Å². The maximum absolute atomic E-state index is 2.63. The third-order valence-electron chi connectivity index (χ3n) is 5.52. The Bertz CT molecular complexity index is 677. The van der Waals surface area contributed by atoms with E-state index in [1.165, 1.54) is 61.4 Å². The number of benzene rings is 2. The standard InChI is InChI=1S/C22H26N2/c1-23-14-16-24(17-15-23)13-12-22-20-8-4-2-6-18(20)10-11-19-7-3-5-9-21(19)22/h2-11,22H,12-17H2,1H3. The van der Waals surface area contributed by atoms with E-state index in [0.29, 0.717) is 5.92 Å². The zero-order valence-corrected chi connectivity index (χ0v) is 14.5. The van der Waals surface area contributed by atoms with Crippen LogP contribution in [0.2, 0.25) is 0 Å². The second-order valence-corrected chi connectivity index (χ2v) is 7.08. The van der Waals surface area contributed by atoms with Gasteiger partial charge in [-0.3, -0.25) is 0 Å². The van der Waals surface area contributed by atoms with Gasteiger partial charge in [0.2, 0.25) is 0 Å². The average Bonchev–Trinajstić information content (AvgIpc) is 2.78. The van der Waals surface area contributed by atoms with Gasteiger partial charge in [-0.25, -0.2) is 0 Å². The lowest BCUT2D eigenvalue weighted by atomic mass is 9.85. The summed E-state index contributed by atoms with van der Waals surface area (Å²) in [7, 11) is 2.22. The normalized spacial score (nSPS) is 18.9. The molecule has 24 heavy (non-hydrogen) atoms. The molecule has 0 aromatic heterocycles. The van der Waals surface area contributed by atoms with Crippen molar-refractivity contribution in [1.29, 1.82) is 0 Å². The molecule has 0 radical (unpaired) electrons. The molecule has 0 N–H and O–H groups in total. The number of nitrogens with zero attached hydrogens (tertiary/aromatic N) is 2. The molecule has 1 aliphatic carbocycles. The SMILES string of the molecule is CN1CCN(CCC2c3ccccc3C=Cc3ccccc32)CC1. The van der Waals surface area contributed by atoms with E-state index in [2.05, 4.69) is 77.5 Å². The van der Waals surface area contributed by atoms with Gasteiger partial charge in [-0.1, -0.05) is 60.7 Å². The van der Waals surface area contributed by atoms with Crippen molar-refractivity contribution in [2.24, 2.45) is 0 Å². The van der Waals surface area contributed by atoms with Crippen molar-refractivity contribution in [3.63, 3.8) is 0 Å². The van der Waals surface area contributed by atoms with Gasteiger partial charge in [0.15, 0.2) is 0 Å². The number of fused-ring (bicyclic) bond motifs is 2. The highest BCUT2D eigenvalue weighted by Gasteiger charge is 2.22. The first-order valence-corrected chi connectivity index (χ1v) is 9.08. The first-order valence-electron chi connectivity index (χ1n) is 9.08. The lowest BCUT2D eigenvalue weighted by Gasteiger charge is -2.33. The van der Waals surface area contributed by atoms with Crippen LogP contribution in [-0.4, -0.2) is 49.6 Å². The number of hydrogen-bond acceptors (Lipinski definition) is 2. The fourth-order valence-electron chi connectivity index (χ4n) is 4.00. The Morgan fingerprint density at radius 3 is 1.92 bits per heavy atom. The summed E-state index contributed by atoms with van der Waals surface area (Å²) in [6.07, 6.45) is 5.76. The van der Waals surface area contributed by atoms with Gasteiger partial charge >= 0.3 is 0 Å². The van der Waals surface area contributed by atoms with Gasteiger partial charge in [0.25, 0.3) is 0 Å². The molecule has 0 unspecified atom stereocenters. The fourth-order valence-corrected chi connectivity index (χ4v) is 4.00. The van der Waals surface area contributed by atoms with Gasteiger partial charge in [-0.05, 0) is 42.3 Å². The van der Waals surface area contributed by atoms with E-state index in [4.69, 9.17) is 0 Å². The molecule has 0 atom stereocenters. The maximum Gasteiger partial charge on any atom is 0.0113 e. The molecule has 1 aliphatic heterocycles. The van der Waals surface area contributed by atoms with Crippen molar-refractivity contribution in [2.45, 2.75) is 12.3 Å². The average molecular weight is 318 g/mol. The van der Waals surface area contributed by atoms with Crippen LogP contribution in [0.5, 0.6) is 0 Å². The van der Waals surface area contributed by atoms with Crippen molar-refractivity contribution in [2.75, 3.05) is 39.8 Å². The molecule has 1 saturated heterocycles. The molecular weight excluding hydrogens is 292 g/mol. The summed E-state index contributed by atoms with van der Waals surface area (Å²) in [4.78, 5) is 5.06. The number of likely N-dealkylation sites (N-methyl/N-ethyl adjacent to an activating group) is 1. The van der Waals surface area contributed by atoms with Crippen LogP contribution in [0.25, 0.3) is 12.2 Å². The van der Waals surface area contributed by atoms with E-state index in [-0.39, 0.29) is 0 Å². The third-order valence-corrected chi connectivity index (χ3v) is 5.52. The summed E-state index contributed by atoms with van der Waals surface area (Å²) >= 11 is 0. The van der Waals surface area contributed by atoms with Crippen LogP contribution in [0, 0.1) is 0 Å². The van der Waals surface area contributed by atoms with Crippen LogP contribution in [0.4, 0.5) is 0 Å². The lowest BCUT2D eigenvalue weighted by Crippen LogP contribution is -2.44. The lowest BCUT2D eigenvalue weighted by molar-refractivity contribution is 0.151. The molecule has 0 amide bonds. The zero-order valence-electron chi connectivity index (χ0n) is 14.5. The fraction of sp³-hybridized carbons (Fsp3) is 0.364. The summed E-state index contributed by atoms with van der Waals surface area (Å²) in [5.74, 6) is 0.493. The van der Waals surface area contributed by atoms with Crippen LogP contribution in [0.1, 0.15) is 34.6 Å². The van der Waals surface area contributed by atoms with Crippen LogP contribution in [0.15, 0.2) is 48.5 Å². The summed E-state index contributed by atoms with van der Waals surface area (Å²) in [6, 6.07) is 17.8. The van der Waals surface area contributed by atoms with Gasteiger partial charge in [0.1, 0.15) is 0 Å². The molecular formula is C22H26N2. The van der Waals surface area contributed by atoms with Gasteiger partial charge in [-0.15, -0.1) is 0 Å². The second-order valence-electron chi connectivity index (χ2n) is 7.08. The van der Waals surface area contributed by atoms with Gasteiger partial charge in [0.05, 0.1) is 0 Å². The molecule has 4 rings (SSSR count). The minimum Gasteiger partial charge on any atom is -0.304 e. The minimum atomic E-state index is 0.493. The zero-order chi connectivity index (χ0) is 16.4. The van der Waals surface area contributed by atoms with Crippen molar-refractivity contribution in [1.82, 2.24) is 9.80 Å². The summed E-state index contributed by atoms with van der Waals surface area (Å²) < 4.78 is 0. The summed E-state index contributed by atoms with van der Waals surface area (Å²) in [5, 5.41) is 0. The van der Waals surface area contributed by atoms with Crippen LogP contribution < -0.4 is 0 Å². The van der Waals surface area contributed by atoms with E-state index >= 15 is 0 Å². The van der Waals surface area contributed by atoms with Crippen molar-refractivity contribution in [3.05, 3.63) is 70.8 Å². The Morgan fingerprint density at radius 1 is 0.792 bits per heavy atom. The first kappa shape index (κ1) is 15.6. The number of rotatable bonds is 3. The van der Waals surface area contributed by atoms with E-state index < -0.39 is 0 Å². The highest BCUT2D eigenvalue weighted by Crippen LogP contribution is 2.36. The smallest absolute Gasteiger partial charge is 0.0113 e. The Hall–Kier alpha value is -1.90. The van der Waals surface area contributed by atoms with E-state index in [1.807, 2.05) is 0 Å². The van der Waals surface area contributed by atoms with E-state index in [9.17, 15) is 0 Å². The number of hydrogen-bond donors (Lipinski definition) is 0. The molecule has 2 aromatic carbocycles. The molecule has 0 saturated carbocycles. The highest BCUT2D eigenvalue weighted by atomic mass is 15.2. The molecule has 1 heterocycles. The predicted octanol–water partition coefficient (Wildman–Crippen LogP) is 3.94. The van der Waals surface area contributed by atoms with Crippen molar-refractivity contribution < 1.29 is 0 Å². The van der Waals surface area contributed by atoms with E-state index in [0.717, 1.165) is 0 Å². The monoisotopic (exact) mass is 318 g/mol.